The first-order chi connectivity index (χ1) is 14.7. The number of methoxy groups -OCH3 is 1. The van der Waals surface area contributed by atoms with Crippen LogP contribution in [0.3, 0.4) is 0 Å². The third-order valence-electron chi connectivity index (χ3n) is 6.26. The fraction of sp³-hybridized carbons (Fsp3) is 0.478. The molecule has 1 aliphatic heterocycles. The highest BCUT2D eigenvalue weighted by atomic mass is 16.5. The molecule has 0 amide bonds. The first kappa shape index (κ1) is 19.2. The van der Waals surface area contributed by atoms with E-state index >= 15 is 0 Å². The maximum atomic E-state index is 13.3. The van der Waals surface area contributed by atoms with Gasteiger partial charge in [-0.05, 0) is 51.2 Å². The zero-order valence-corrected chi connectivity index (χ0v) is 17.6. The van der Waals surface area contributed by atoms with Gasteiger partial charge in [-0.25, -0.2) is 15.0 Å². The van der Waals surface area contributed by atoms with Gasteiger partial charge in [-0.1, -0.05) is 12.1 Å². The van der Waals surface area contributed by atoms with Crippen LogP contribution in [0, 0.1) is 6.92 Å². The van der Waals surface area contributed by atoms with Crippen LogP contribution in [-0.2, 0) is 24.1 Å². The number of rotatable bonds is 5. The molecule has 1 aliphatic carbocycles. The van der Waals surface area contributed by atoms with Crippen LogP contribution >= 0.6 is 0 Å². The monoisotopic (exact) mass is 405 g/mol. The Labute approximate surface area is 175 Å². The summed E-state index contributed by atoms with van der Waals surface area (Å²) in [5.74, 6) is 2.68. The van der Waals surface area contributed by atoms with Crippen LogP contribution in [0.15, 0.2) is 29.1 Å². The Balaban J connectivity index is 1.65. The molecule has 1 saturated heterocycles. The van der Waals surface area contributed by atoms with E-state index in [9.17, 15) is 4.79 Å². The van der Waals surface area contributed by atoms with Crippen molar-refractivity contribution in [3.8, 4) is 0 Å². The Morgan fingerprint density at radius 1 is 1.13 bits per heavy atom. The fourth-order valence-corrected chi connectivity index (χ4v) is 4.90. The lowest BCUT2D eigenvalue weighted by Crippen LogP contribution is -2.34. The Bertz CT molecular complexity index is 1160. The molecule has 0 saturated carbocycles. The van der Waals surface area contributed by atoms with Crippen molar-refractivity contribution in [1.82, 2.24) is 19.5 Å². The molecule has 30 heavy (non-hydrogen) atoms. The van der Waals surface area contributed by atoms with Crippen molar-refractivity contribution >= 4 is 16.7 Å². The maximum Gasteiger partial charge on any atom is 0.261 e. The largest absolute Gasteiger partial charge is 0.383 e. The molecule has 0 spiro atoms. The lowest BCUT2D eigenvalue weighted by molar-refractivity contribution is 0.184. The summed E-state index contributed by atoms with van der Waals surface area (Å²) < 4.78 is 7.11. The molecule has 0 radical (unpaired) electrons. The molecular weight excluding hydrogens is 378 g/mol. The van der Waals surface area contributed by atoms with E-state index in [0.717, 1.165) is 61.6 Å². The third-order valence-corrected chi connectivity index (χ3v) is 6.26. The van der Waals surface area contributed by atoms with Gasteiger partial charge in [0.2, 0.25) is 0 Å². The number of para-hydroxylation sites is 1. The average molecular weight is 406 g/mol. The summed E-state index contributed by atoms with van der Waals surface area (Å²) in [5.41, 5.74) is 3.22. The Kier molecular flexibility index (Phi) is 4.98. The summed E-state index contributed by atoms with van der Waals surface area (Å²) in [7, 11) is 1.66. The maximum absolute atomic E-state index is 13.3. The lowest BCUT2D eigenvalue weighted by atomic mass is 10.1. The number of nitrogens with zero attached hydrogens (tertiary/aromatic N) is 5. The molecule has 1 fully saturated rings. The molecule has 2 aliphatic rings. The van der Waals surface area contributed by atoms with Gasteiger partial charge in [-0.15, -0.1) is 0 Å². The SMILES string of the molecule is COCCn1c(C2CCCN2c2nc(C)nc3c2CCC3)nc2ccccc2c1=O. The van der Waals surface area contributed by atoms with Crippen molar-refractivity contribution in [2.45, 2.75) is 51.6 Å². The van der Waals surface area contributed by atoms with Crippen molar-refractivity contribution in [2.75, 3.05) is 25.2 Å². The van der Waals surface area contributed by atoms with Crippen molar-refractivity contribution in [1.29, 1.82) is 0 Å². The van der Waals surface area contributed by atoms with Gasteiger partial charge < -0.3 is 9.64 Å². The molecule has 7 heteroatoms. The molecule has 1 unspecified atom stereocenters. The zero-order chi connectivity index (χ0) is 20.7. The molecule has 0 bridgehead atoms. The van der Waals surface area contributed by atoms with Gasteiger partial charge >= 0.3 is 0 Å². The normalized spacial score (nSPS) is 18.3. The van der Waals surface area contributed by atoms with Gasteiger partial charge in [0, 0.05) is 24.9 Å². The Morgan fingerprint density at radius 2 is 2.00 bits per heavy atom. The van der Waals surface area contributed by atoms with E-state index in [4.69, 9.17) is 14.7 Å². The highest BCUT2D eigenvalue weighted by Crippen LogP contribution is 2.38. The number of ether oxygens (including phenoxy) is 1. The van der Waals surface area contributed by atoms with Crippen LogP contribution in [0.25, 0.3) is 10.9 Å². The van der Waals surface area contributed by atoms with Crippen molar-refractivity contribution in [3.05, 3.63) is 57.5 Å². The van der Waals surface area contributed by atoms with Gasteiger partial charge in [-0.3, -0.25) is 9.36 Å². The lowest BCUT2D eigenvalue weighted by Gasteiger charge is -2.29. The minimum Gasteiger partial charge on any atom is -0.383 e. The zero-order valence-electron chi connectivity index (χ0n) is 17.6. The second kappa shape index (κ2) is 7.80. The fourth-order valence-electron chi connectivity index (χ4n) is 4.90. The van der Waals surface area contributed by atoms with Gasteiger partial charge in [0.25, 0.3) is 5.56 Å². The number of hydrogen-bond acceptors (Lipinski definition) is 6. The summed E-state index contributed by atoms with van der Waals surface area (Å²) >= 11 is 0. The highest BCUT2D eigenvalue weighted by Gasteiger charge is 2.34. The van der Waals surface area contributed by atoms with Crippen LogP contribution in [0.4, 0.5) is 5.82 Å². The second-order valence-electron chi connectivity index (χ2n) is 8.16. The smallest absolute Gasteiger partial charge is 0.261 e. The molecule has 156 valence electrons. The van der Waals surface area contributed by atoms with Crippen LogP contribution < -0.4 is 10.5 Å². The summed E-state index contributed by atoms with van der Waals surface area (Å²) in [4.78, 5) is 30.2. The number of anilines is 1. The Morgan fingerprint density at radius 3 is 2.87 bits per heavy atom. The predicted octanol–water partition coefficient (Wildman–Crippen LogP) is 2.97. The first-order valence-electron chi connectivity index (χ1n) is 10.8. The molecule has 1 atom stereocenters. The minimum absolute atomic E-state index is 0.00333. The molecule has 0 N–H and O–H groups in total. The topological polar surface area (TPSA) is 73.1 Å². The average Bonchev–Trinajstić information content (AvgIpc) is 3.42. The van der Waals surface area contributed by atoms with Gasteiger partial charge in [0.1, 0.15) is 17.5 Å². The molecule has 1 aromatic carbocycles. The summed E-state index contributed by atoms with van der Waals surface area (Å²) in [6.45, 7) is 3.85. The number of benzene rings is 1. The van der Waals surface area contributed by atoms with E-state index in [1.807, 2.05) is 35.8 Å². The molecule has 7 nitrogen and oxygen atoms in total. The van der Waals surface area contributed by atoms with E-state index in [1.165, 1.54) is 11.3 Å². The van der Waals surface area contributed by atoms with Crippen LogP contribution in [0.1, 0.15) is 48.2 Å². The molecule has 3 aromatic rings. The predicted molar refractivity (Wildman–Crippen MR) is 116 cm³/mol. The first-order valence-corrected chi connectivity index (χ1v) is 10.8. The molecule has 3 heterocycles. The Hall–Kier alpha value is -2.80. The van der Waals surface area contributed by atoms with E-state index in [1.54, 1.807) is 7.11 Å². The summed E-state index contributed by atoms with van der Waals surface area (Å²) in [5, 5.41) is 0.653. The summed E-state index contributed by atoms with van der Waals surface area (Å²) in [6.07, 6.45) is 5.18. The number of aromatic nitrogens is 4. The number of hydrogen-bond donors (Lipinski definition) is 0. The van der Waals surface area contributed by atoms with E-state index < -0.39 is 0 Å². The quantitative estimate of drug-likeness (QED) is 0.650. The van der Waals surface area contributed by atoms with Crippen LogP contribution in [-0.4, -0.2) is 39.8 Å². The van der Waals surface area contributed by atoms with Crippen LogP contribution in [0.2, 0.25) is 0 Å². The van der Waals surface area contributed by atoms with Crippen LogP contribution in [0.5, 0.6) is 0 Å². The van der Waals surface area contributed by atoms with Crippen molar-refractivity contribution < 1.29 is 4.74 Å². The molecule has 5 rings (SSSR count). The number of fused-ring (bicyclic) bond motifs is 2. The standard InChI is InChI=1S/C23H27N5O2/c1-15-24-18-10-5-8-16(18)21(25-15)27-12-6-11-20(27)22-26-19-9-4-3-7-17(19)23(29)28(22)13-14-30-2/h3-4,7,9,20H,5-6,8,10-14H2,1-2H3. The van der Waals surface area contributed by atoms with E-state index in [2.05, 4.69) is 9.88 Å². The van der Waals surface area contributed by atoms with Gasteiger partial charge in [0.15, 0.2) is 0 Å². The van der Waals surface area contributed by atoms with Crippen molar-refractivity contribution in [3.63, 3.8) is 0 Å². The molecule has 2 aromatic heterocycles. The van der Waals surface area contributed by atoms with Crippen molar-refractivity contribution in [2.24, 2.45) is 0 Å². The third kappa shape index (κ3) is 3.17. The second-order valence-corrected chi connectivity index (χ2v) is 8.16. The minimum atomic E-state index is 0.00333. The summed E-state index contributed by atoms with van der Waals surface area (Å²) in [6, 6.07) is 7.63. The number of aryl methyl sites for hydroxylation is 2. The van der Waals surface area contributed by atoms with Gasteiger partial charge in [-0.2, -0.15) is 0 Å². The van der Waals surface area contributed by atoms with Gasteiger partial charge in [0.05, 0.1) is 30.1 Å². The van der Waals surface area contributed by atoms with E-state index in [0.29, 0.717) is 18.5 Å². The molecular formula is C23H27N5O2. The van der Waals surface area contributed by atoms with E-state index in [-0.39, 0.29) is 11.6 Å². The highest BCUT2D eigenvalue weighted by molar-refractivity contribution is 5.77.